The first-order chi connectivity index (χ1) is 9.35. The van der Waals surface area contributed by atoms with Crippen LogP contribution in [0, 0.1) is 6.92 Å². The zero-order chi connectivity index (χ0) is 15.3. The van der Waals surface area contributed by atoms with E-state index in [4.69, 9.17) is 10.8 Å². The fraction of sp³-hybridized carbons (Fsp3) is 0.733. The normalized spacial score (nSPS) is 11.6. The second-order valence-electron chi connectivity index (χ2n) is 6.17. The lowest BCUT2D eigenvalue weighted by Gasteiger charge is -2.27. The van der Waals surface area contributed by atoms with Crippen LogP contribution in [0.5, 0.6) is 0 Å². The van der Waals surface area contributed by atoms with Crippen molar-refractivity contribution in [1.29, 1.82) is 0 Å². The number of rotatable bonds is 6. The van der Waals surface area contributed by atoms with Gasteiger partial charge in [0.25, 0.3) is 0 Å². The minimum atomic E-state index is -0.0990. The van der Waals surface area contributed by atoms with Crippen molar-refractivity contribution in [2.24, 2.45) is 5.84 Å². The van der Waals surface area contributed by atoms with E-state index in [2.05, 4.69) is 49.9 Å². The maximum absolute atomic E-state index is 5.61. The van der Waals surface area contributed by atoms with E-state index in [1.807, 2.05) is 6.92 Å². The van der Waals surface area contributed by atoms with Gasteiger partial charge in [0, 0.05) is 24.1 Å². The highest BCUT2D eigenvalue weighted by molar-refractivity contribution is 5.58. The van der Waals surface area contributed by atoms with Crippen LogP contribution in [-0.4, -0.2) is 23.1 Å². The largest absolute Gasteiger partial charge is 0.357 e. The van der Waals surface area contributed by atoms with Crippen molar-refractivity contribution < 1.29 is 0 Å². The molecule has 1 heterocycles. The lowest BCUT2D eigenvalue weighted by molar-refractivity contribution is 0.543. The van der Waals surface area contributed by atoms with Gasteiger partial charge in [-0.1, -0.05) is 34.1 Å². The third-order valence-corrected chi connectivity index (χ3v) is 3.39. The first kappa shape index (κ1) is 16.7. The van der Waals surface area contributed by atoms with Crippen molar-refractivity contribution in [1.82, 2.24) is 9.97 Å². The highest BCUT2D eigenvalue weighted by Crippen LogP contribution is 2.28. The molecule has 0 saturated carbocycles. The van der Waals surface area contributed by atoms with Gasteiger partial charge >= 0.3 is 0 Å². The Hall–Kier alpha value is -1.36. The molecule has 0 atom stereocenters. The summed E-state index contributed by atoms with van der Waals surface area (Å²) in [6.45, 7) is 14.7. The minimum absolute atomic E-state index is 0.0990. The van der Waals surface area contributed by atoms with Gasteiger partial charge < -0.3 is 10.3 Å². The van der Waals surface area contributed by atoms with E-state index in [-0.39, 0.29) is 5.41 Å². The number of nitrogens with one attached hydrogen (secondary N) is 1. The number of nitrogens with zero attached hydrogens (tertiary/aromatic N) is 3. The Balaban J connectivity index is 3.28. The summed E-state index contributed by atoms with van der Waals surface area (Å²) in [6, 6.07) is 0. The summed E-state index contributed by atoms with van der Waals surface area (Å²) >= 11 is 0. The zero-order valence-electron chi connectivity index (χ0n) is 13.7. The smallest absolute Gasteiger partial charge is 0.148 e. The van der Waals surface area contributed by atoms with Gasteiger partial charge in [-0.15, -0.1) is 0 Å². The van der Waals surface area contributed by atoms with Crippen LogP contribution < -0.4 is 16.2 Å². The molecule has 1 aromatic rings. The van der Waals surface area contributed by atoms with E-state index < -0.39 is 0 Å². The van der Waals surface area contributed by atoms with Crippen molar-refractivity contribution in [3.8, 4) is 0 Å². The van der Waals surface area contributed by atoms with Gasteiger partial charge in [0.15, 0.2) is 0 Å². The zero-order valence-corrected chi connectivity index (χ0v) is 13.7. The van der Waals surface area contributed by atoms with E-state index in [0.717, 1.165) is 42.5 Å². The second-order valence-corrected chi connectivity index (χ2v) is 6.17. The highest BCUT2D eigenvalue weighted by Gasteiger charge is 2.22. The van der Waals surface area contributed by atoms with E-state index in [9.17, 15) is 0 Å². The number of nitrogens with two attached hydrogens (primary N) is 1. The van der Waals surface area contributed by atoms with E-state index in [1.165, 1.54) is 6.42 Å². The topological polar surface area (TPSA) is 67.1 Å². The second kappa shape index (κ2) is 6.88. The van der Waals surface area contributed by atoms with Crippen LogP contribution in [0.3, 0.4) is 0 Å². The molecule has 1 rings (SSSR count). The number of aromatic nitrogens is 2. The number of nitrogen functional groups attached to an aromatic ring is 1. The lowest BCUT2D eigenvalue weighted by atomic mass is 9.95. The first-order valence-electron chi connectivity index (χ1n) is 7.45. The van der Waals surface area contributed by atoms with Crippen molar-refractivity contribution >= 4 is 11.6 Å². The summed E-state index contributed by atoms with van der Waals surface area (Å²) in [4.78, 5) is 11.6. The van der Waals surface area contributed by atoms with Gasteiger partial charge in [-0.2, -0.15) is 0 Å². The first-order valence-corrected chi connectivity index (χ1v) is 7.45. The fourth-order valence-electron chi connectivity index (χ4n) is 2.05. The monoisotopic (exact) mass is 279 g/mol. The summed E-state index contributed by atoms with van der Waals surface area (Å²) in [5, 5.41) is 0. The quantitative estimate of drug-likeness (QED) is 0.619. The van der Waals surface area contributed by atoms with Crippen molar-refractivity contribution in [3.63, 3.8) is 0 Å². The Kier molecular flexibility index (Phi) is 5.74. The summed E-state index contributed by atoms with van der Waals surface area (Å²) in [5.41, 5.74) is 3.62. The Bertz CT molecular complexity index is 437. The van der Waals surface area contributed by atoms with Crippen LogP contribution >= 0.6 is 0 Å². The maximum Gasteiger partial charge on any atom is 0.148 e. The molecule has 0 aliphatic carbocycles. The third kappa shape index (κ3) is 3.82. The summed E-state index contributed by atoms with van der Waals surface area (Å²) < 4.78 is 0. The molecule has 0 aromatic carbocycles. The number of hydrogen-bond donors (Lipinski definition) is 2. The Morgan fingerprint density at radius 3 is 2.30 bits per heavy atom. The van der Waals surface area contributed by atoms with Gasteiger partial charge in [-0.05, 0) is 20.3 Å². The number of unbranched alkanes of at least 4 members (excludes halogenated alkanes) is 1. The van der Waals surface area contributed by atoms with Crippen molar-refractivity contribution in [2.45, 2.75) is 59.8 Å². The Morgan fingerprint density at radius 1 is 1.20 bits per heavy atom. The molecule has 3 N–H and O–H groups in total. The summed E-state index contributed by atoms with van der Waals surface area (Å²) in [7, 11) is 0. The van der Waals surface area contributed by atoms with Gasteiger partial charge in [0.2, 0.25) is 0 Å². The highest BCUT2D eigenvalue weighted by atomic mass is 15.3. The molecule has 0 aliphatic rings. The van der Waals surface area contributed by atoms with Gasteiger partial charge in [0.1, 0.15) is 17.5 Å². The average molecular weight is 279 g/mol. The van der Waals surface area contributed by atoms with Crippen LogP contribution in [0.1, 0.15) is 58.8 Å². The molecule has 114 valence electrons. The fourth-order valence-corrected chi connectivity index (χ4v) is 2.05. The summed E-state index contributed by atoms with van der Waals surface area (Å²) in [6.07, 6.45) is 2.34. The molecular weight excluding hydrogens is 250 g/mol. The van der Waals surface area contributed by atoms with Crippen LogP contribution in [0.15, 0.2) is 0 Å². The average Bonchev–Trinajstić information content (AvgIpc) is 2.39. The van der Waals surface area contributed by atoms with E-state index in [0.29, 0.717) is 0 Å². The Morgan fingerprint density at radius 2 is 1.85 bits per heavy atom. The van der Waals surface area contributed by atoms with Gasteiger partial charge in [-0.25, -0.2) is 15.8 Å². The van der Waals surface area contributed by atoms with Gasteiger partial charge in [-0.3, -0.25) is 0 Å². The molecule has 1 aromatic heterocycles. The van der Waals surface area contributed by atoms with Crippen LogP contribution in [0.25, 0.3) is 0 Å². The van der Waals surface area contributed by atoms with Crippen LogP contribution in [0.2, 0.25) is 0 Å². The molecule has 0 amide bonds. The molecular formula is C15H29N5. The van der Waals surface area contributed by atoms with Crippen molar-refractivity contribution in [3.05, 3.63) is 11.4 Å². The molecule has 20 heavy (non-hydrogen) atoms. The molecule has 0 radical (unpaired) electrons. The van der Waals surface area contributed by atoms with E-state index >= 15 is 0 Å². The SMILES string of the molecule is CCCCN(CC)c1nc(C(C)(C)C)nc(NN)c1C. The van der Waals surface area contributed by atoms with Gasteiger partial charge in [0.05, 0.1) is 0 Å². The molecule has 0 saturated heterocycles. The number of hydrogen-bond acceptors (Lipinski definition) is 5. The molecule has 0 fully saturated rings. The molecule has 0 aliphatic heterocycles. The molecule has 0 bridgehead atoms. The molecule has 5 heteroatoms. The maximum atomic E-state index is 5.61. The third-order valence-electron chi connectivity index (χ3n) is 3.39. The Labute approximate surface area is 123 Å². The number of hydrazine groups is 1. The van der Waals surface area contributed by atoms with Crippen LogP contribution in [-0.2, 0) is 5.41 Å². The summed E-state index contributed by atoms with van der Waals surface area (Å²) in [5.74, 6) is 8.15. The van der Waals surface area contributed by atoms with Crippen molar-refractivity contribution in [2.75, 3.05) is 23.4 Å². The predicted octanol–water partition coefficient (Wildman–Crippen LogP) is 2.99. The molecule has 0 unspecified atom stereocenters. The van der Waals surface area contributed by atoms with Crippen LogP contribution in [0.4, 0.5) is 11.6 Å². The molecule has 5 nitrogen and oxygen atoms in total. The van der Waals surface area contributed by atoms with E-state index in [1.54, 1.807) is 0 Å². The lowest BCUT2D eigenvalue weighted by Crippen LogP contribution is -2.29. The number of anilines is 2. The minimum Gasteiger partial charge on any atom is -0.357 e. The predicted molar refractivity (Wildman–Crippen MR) is 86.1 cm³/mol. The molecule has 0 spiro atoms. The standard InChI is InChI=1S/C15H29N5/c1-7-9-10-20(8-2)13-11(3)12(19-16)17-14(18-13)15(4,5)6/h7-10,16H2,1-6H3,(H,17,18,19).